The predicted octanol–water partition coefficient (Wildman–Crippen LogP) is 6.87. The molecule has 0 bridgehead atoms. The number of allylic oxidation sites excluding steroid dienone is 1. The molecule has 2 heterocycles. The third kappa shape index (κ3) is 4.22. The van der Waals surface area contributed by atoms with Gasteiger partial charge in [-0.2, -0.15) is 4.98 Å². The third-order valence-corrected chi connectivity index (χ3v) is 6.47. The zero-order valence-electron chi connectivity index (χ0n) is 19.0. The quantitative estimate of drug-likeness (QED) is 0.317. The van der Waals surface area contributed by atoms with Gasteiger partial charge in [-0.25, -0.2) is 0 Å². The standard InChI is InChI=1S/C27H23ClN4OS/c1-16-7-9-19(10-8-16)24-23(26-30-25(31-33-26)20-6-4-5-17(2)15-20)18(3)32(27(34)29-24)22-13-11-21(28)12-14-22/h4-15,24H,1-3H3,(H,29,34). The van der Waals surface area contributed by atoms with Crippen molar-refractivity contribution in [2.75, 3.05) is 4.90 Å². The van der Waals surface area contributed by atoms with E-state index in [1.54, 1.807) is 0 Å². The summed E-state index contributed by atoms with van der Waals surface area (Å²) in [6.45, 7) is 6.13. The lowest BCUT2D eigenvalue weighted by Gasteiger charge is -2.37. The van der Waals surface area contributed by atoms with E-state index in [1.165, 1.54) is 5.56 Å². The molecule has 0 saturated carbocycles. The minimum absolute atomic E-state index is 0.234. The second kappa shape index (κ2) is 9.05. The topological polar surface area (TPSA) is 54.2 Å². The van der Waals surface area contributed by atoms with Crippen molar-refractivity contribution in [2.24, 2.45) is 0 Å². The number of rotatable bonds is 4. The normalized spacial score (nSPS) is 16.1. The van der Waals surface area contributed by atoms with E-state index in [9.17, 15) is 0 Å². The fourth-order valence-corrected chi connectivity index (χ4v) is 4.65. The van der Waals surface area contributed by atoms with Crippen molar-refractivity contribution in [1.82, 2.24) is 15.5 Å². The molecule has 5 nitrogen and oxygen atoms in total. The van der Waals surface area contributed by atoms with Crippen LogP contribution in [-0.4, -0.2) is 15.3 Å². The summed E-state index contributed by atoms with van der Waals surface area (Å²) in [5.41, 5.74) is 6.98. The fourth-order valence-electron chi connectivity index (χ4n) is 4.16. The summed E-state index contributed by atoms with van der Waals surface area (Å²) in [5.74, 6) is 1.00. The van der Waals surface area contributed by atoms with Gasteiger partial charge in [-0.05, 0) is 68.9 Å². The van der Waals surface area contributed by atoms with Crippen molar-refractivity contribution < 1.29 is 4.52 Å². The van der Waals surface area contributed by atoms with Crippen LogP contribution in [0.3, 0.4) is 0 Å². The third-order valence-electron chi connectivity index (χ3n) is 5.91. The Kier molecular flexibility index (Phi) is 5.94. The Morgan fingerprint density at radius 3 is 2.38 bits per heavy atom. The smallest absolute Gasteiger partial charge is 0.258 e. The SMILES string of the molecule is CC1=C(c2nc(-c3cccc(C)c3)no2)C(c2ccc(C)cc2)NC(=S)N1c1ccc(Cl)cc1. The fraction of sp³-hybridized carbons (Fsp3) is 0.148. The number of aryl methyl sites for hydroxylation is 2. The molecule has 0 saturated heterocycles. The van der Waals surface area contributed by atoms with Crippen LogP contribution in [0.1, 0.15) is 35.5 Å². The maximum atomic E-state index is 6.12. The lowest BCUT2D eigenvalue weighted by molar-refractivity contribution is 0.404. The second-order valence-corrected chi connectivity index (χ2v) is 9.22. The molecule has 1 aliphatic rings. The van der Waals surface area contributed by atoms with E-state index in [-0.39, 0.29) is 6.04 Å². The number of anilines is 1. The van der Waals surface area contributed by atoms with Gasteiger partial charge in [0.2, 0.25) is 5.82 Å². The molecule has 170 valence electrons. The number of halogens is 1. The van der Waals surface area contributed by atoms with Gasteiger partial charge in [0.1, 0.15) is 0 Å². The Labute approximate surface area is 209 Å². The molecular formula is C27H23ClN4OS. The van der Waals surface area contributed by atoms with E-state index in [0.717, 1.165) is 33.6 Å². The molecule has 1 unspecified atom stereocenters. The molecule has 3 aromatic carbocycles. The van der Waals surface area contributed by atoms with Crippen LogP contribution >= 0.6 is 23.8 Å². The van der Waals surface area contributed by atoms with Crippen molar-refractivity contribution in [1.29, 1.82) is 0 Å². The van der Waals surface area contributed by atoms with E-state index in [0.29, 0.717) is 21.9 Å². The van der Waals surface area contributed by atoms with E-state index in [2.05, 4.69) is 41.7 Å². The molecule has 1 aliphatic heterocycles. The van der Waals surface area contributed by atoms with Gasteiger partial charge in [-0.1, -0.05) is 70.3 Å². The van der Waals surface area contributed by atoms with Gasteiger partial charge in [0, 0.05) is 22.0 Å². The number of hydrogen-bond acceptors (Lipinski definition) is 4. The van der Waals surface area contributed by atoms with Crippen LogP contribution in [0.4, 0.5) is 5.69 Å². The van der Waals surface area contributed by atoms with Crippen LogP contribution in [0.15, 0.2) is 83.0 Å². The van der Waals surface area contributed by atoms with Gasteiger partial charge in [-0.3, -0.25) is 4.90 Å². The minimum atomic E-state index is -0.234. The number of hydrogen-bond donors (Lipinski definition) is 1. The zero-order chi connectivity index (χ0) is 23.8. The first kappa shape index (κ1) is 22.3. The molecule has 5 rings (SSSR count). The van der Waals surface area contributed by atoms with Gasteiger partial charge in [-0.15, -0.1) is 0 Å². The summed E-state index contributed by atoms with van der Waals surface area (Å²) in [7, 11) is 0. The molecule has 7 heteroatoms. The molecule has 1 N–H and O–H groups in total. The number of nitrogens with zero attached hydrogens (tertiary/aromatic N) is 3. The summed E-state index contributed by atoms with van der Waals surface area (Å²) in [6.07, 6.45) is 0. The summed E-state index contributed by atoms with van der Waals surface area (Å²) >= 11 is 11.9. The Morgan fingerprint density at radius 1 is 0.941 bits per heavy atom. The maximum Gasteiger partial charge on any atom is 0.258 e. The van der Waals surface area contributed by atoms with Gasteiger partial charge in [0.25, 0.3) is 5.89 Å². The lowest BCUT2D eigenvalue weighted by atomic mass is 9.94. The highest BCUT2D eigenvalue weighted by molar-refractivity contribution is 7.80. The maximum absolute atomic E-state index is 6.12. The van der Waals surface area contributed by atoms with Crippen LogP contribution < -0.4 is 10.2 Å². The summed E-state index contributed by atoms with van der Waals surface area (Å²) < 4.78 is 5.83. The molecule has 0 amide bonds. The molecule has 0 radical (unpaired) electrons. The average Bonchev–Trinajstić information content (AvgIpc) is 3.30. The highest BCUT2D eigenvalue weighted by Gasteiger charge is 2.34. The van der Waals surface area contributed by atoms with Crippen molar-refractivity contribution in [2.45, 2.75) is 26.8 Å². The van der Waals surface area contributed by atoms with Crippen molar-refractivity contribution in [3.8, 4) is 11.4 Å². The molecular weight excluding hydrogens is 464 g/mol. The zero-order valence-corrected chi connectivity index (χ0v) is 20.6. The number of nitrogens with one attached hydrogen (secondary N) is 1. The summed E-state index contributed by atoms with van der Waals surface area (Å²) in [5, 5.41) is 9.04. The number of aromatic nitrogens is 2. The Hall–Kier alpha value is -3.48. The average molecular weight is 487 g/mol. The lowest BCUT2D eigenvalue weighted by Crippen LogP contribution is -2.46. The highest BCUT2D eigenvalue weighted by Crippen LogP contribution is 2.39. The Morgan fingerprint density at radius 2 is 1.68 bits per heavy atom. The van der Waals surface area contributed by atoms with E-state index >= 15 is 0 Å². The second-order valence-electron chi connectivity index (χ2n) is 8.40. The summed E-state index contributed by atoms with van der Waals surface area (Å²) in [4.78, 5) is 6.76. The monoisotopic (exact) mass is 486 g/mol. The van der Waals surface area contributed by atoms with E-state index in [1.807, 2.05) is 67.3 Å². The van der Waals surface area contributed by atoms with Gasteiger partial charge in [0.05, 0.1) is 11.6 Å². The molecule has 0 spiro atoms. The summed E-state index contributed by atoms with van der Waals surface area (Å²) in [6, 6.07) is 23.8. The number of thiocarbonyl (C=S) groups is 1. The largest absolute Gasteiger partial charge is 0.351 e. The van der Waals surface area contributed by atoms with Crippen molar-refractivity contribution >= 4 is 40.2 Å². The van der Waals surface area contributed by atoms with Crippen molar-refractivity contribution in [3.05, 3.63) is 106 Å². The van der Waals surface area contributed by atoms with E-state index < -0.39 is 0 Å². The predicted molar refractivity (Wildman–Crippen MR) is 141 cm³/mol. The van der Waals surface area contributed by atoms with Crippen LogP contribution in [0.5, 0.6) is 0 Å². The first-order chi connectivity index (χ1) is 16.4. The van der Waals surface area contributed by atoms with Crippen LogP contribution in [0.2, 0.25) is 5.02 Å². The van der Waals surface area contributed by atoms with Crippen LogP contribution in [0.25, 0.3) is 17.0 Å². The molecule has 0 aliphatic carbocycles. The number of benzene rings is 3. The molecule has 34 heavy (non-hydrogen) atoms. The van der Waals surface area contributed by atoms with E-state index in [4.69, 9.17) is 33.3 Å². The van der Waals surface area contributed by atoms with Crippen LogP contribution in [0, 0.1) is 13.8 Å². The van der Waals surface area contributed by atoms with Gasteiger partial charge in [0.15, 0.2) is 5.11 Å². The first-order valence-corrected chi connectivity index (χ1v) is 11.7. The molecule has 1 atom stereocenters. The van der Waals surface area contributed by atoms with Crippen LogP contribution in [-0.2, 0) is 0 Å². The van der Waals surface area contributed by atoms with Crippen molar-refractivity contribution in [3.63, 3.8) is 0 Å². The molecule has 4 aromatic rings. The van der Waals surface area contributed by atoms with Gasteiger partial charge < -0.3 is 9.84 Å². The molecule has 1 aromatic heterocycles. The first-order valence-electron chi connectivity index (χ1n) is 11.0. The molecule has 0 fully saturated rings. The Balaban J connectivity index is 1.65. The van der Waals surface area contributed by atoms with Gasteiger partial charge >= 0.3 is 0 Å². The Bertz CT molecular complexity index is 1390. The minimum Gasteiger partial charge on any atom is -0.351 e. The highest BCUT2D eigenvalue weighted by atomic mass is 35.5.